The maximum absolute atomic E-state index is 12.2. The molecule has 1 amide bonds. The fourth-order valence-corrected chi connectivity index (χ4v) is 3.73. The number of morpholine rings is 1. The van der Waals surface area contributed by atoms with E-state index in [0.717, 1.165) is 30.2 Å². The fourth-order valence-electron chi connectivity index (χ4n) is 3.21. The molecule has 1 aromatic heterocycles. The molecule has 13 heteroatoms. The third-order valence-corrected chi connectivity index (χ3v) is 5.53. The minimum Gasteiger partial charge on any atom is -0.489 e. The summed E-state index contributed by atoms with van der Waals surface area (Å²) in [5, 5.41) is 13.4. The number of aryl methyl sites for hydroxylation is 1. The second kappa shape index (κ2) is 11.7. The number of pyridine rings is 1. The van der Waals surface area contributed by atoms with Gasteiger partial charge in [-0.25, -0.2) is 4.79 Å². The molecule has 1 aromatic rings. The lowest BCUT2D eigenvalue weighted by molar-refractivity contribution is -0.192. The van der Waals surface area contributed by atoms with Gasteiger partial charge in [0.05, 0.1) is 23.8 Å². The van der Waals surface area contributed by atoms with Crippen LogP contribution in [-0.4, -0.2) is 65.7 Å². The molecule has 180 valence electrons. The second-order valence-corrected chi connectivity index (χ2v) is 8.27. The number of aliphatic carboxylic acids is 1. The summed E-state index contributed by atoms with van der Waals surface area (Å²) in [6.45, 7) is 1.80. The number of carboxylic acid groups (broad SMARTS) is 1. The Kier molecular flexibility index (Phi) is 9.52. The summed E-state index contributed by atoms with van der Waals surface area (Å²) in [4.78, 5) is 32.9. The number of carboxylic acids is 1. The van der Waals surface area contributed by atoms with E-state index in [4.69, 9.17) is 19.4 Å². The zero-order valence-corrected chi connectivity index (χ0v) is 18.9. The summed E-state index contributed by atoms with van der Waals surface area (Å²) in [6, 6.07) is 1.43. The van der Waals surface area contributed by atoms with Crippen LogP contribution in [0.2, 0.25) is 0 Å². The predicted octanol–water partition coefficient (Wildman–Crippen LogP) is 1.58. The largest absolute Gasteiger partial charge is 0.490 e. The normalized spacial score (nSPS) is 23.5. The molecule has 1 saturated heterocycles. The van der Waals surface area contributed by atoms with Gasteiger partial charge in [-0.15, -0.1) is 0 Å². The van der Waals surface area contributed by atoms with E-state index in [2.05, 4.69) is 26.6 Å². The number of nitrogens with zero attached hydrogens (tertiary/aromatic N) is 1. The van der Waals surface area contributed by atoms with Crippen molar-refractivity contribution in [3.63, 3.8) is 0 Å². The predicted molar refractivity (Wildman–Crippen MR) is 110 cm³/mol. The molecule has 1 aliphatic carbocycles. The molecule has 0 aromatic carbocycles. The van der Waals surface area contributed by atoms with Crippen LogP contribution < -0.4 is 20.9 Å². The molecule has 0 bridgehead atoms. The lowest BCUT2D eigenvalue weighted by Gasteiger charge is -2.31. The summed E-state index contributed by atoms with van der Waals surface area (Å²) in [5.41, 5.74) is -0.0960. The van der Waals surface area contributed by atoms with E-state index >= 15 is 0 Å². The van der Waals surface area contributed by atoms with E-state index in [0.29, 0.717) is 25.5 Å². The van der Waals surface area contributed by atoms with Gasteiger partial charge in [-0.1, -0.05) is 0 Å². The highest BCUT2D eigenvalue weighted by molar-refractivity contribution is 9.10. The molecule has 1 atom stereocenters. The zero-order valence-electron chi connectivity index (χ0n) is 17.3. The number of alkyl halides is 3. The van der Waals surface area contributed by atoms with E-state index < -0.39 is 12.1 Å². The van der Waals surface area contributed by atoms with Crippen molar-refractivity contribution in [2.24, 2.45) is 7.05 Å². The first-order valence-electron chi connectivity index (χ1n) is 9.91. The third kappa shape index (κ3) is 8.10. The Morgan fingerprint density at radius 1 is 1.31 bits per heavy atom. The average molecular weight is 528 g/mol. The number of hydrogen-bond donors (Lipinski definition) is 3. The lowest BCUT2D eigenvalue weighted by atomic mass is 9.92. The number of hydrogen-bond acceptors (Lipinski definition) is 6. The van der Waals surface area contributed by atoms with Crippen molar-refractivity contribution in [3.05, 3.63) is 27.1 Å². The summed E-state index contributed by atoms with van der Waals surface area (Å²) in [6.07, 6.45) is 0.122. The Hall–Kier alpha value is -2.12. The Labute approximate surface area is 190 Å². The van der Waals surface area contributed by atoms with Gasteiger partial charge in [-0.2, -0.15) is 13.2 Å². The Morgan fingerprint density at radius 2 is 1.94 bits per heavy atom. The topological polar surface area (TPSA) is 119 Å². The number of halogens is 4. The van der Waals surface area contributed by atoms with Crippen molar-refractivity contribution in [2.75, 3.05) is 19.8 Å². The van der Waals surface area contributed by atoms with Gasteiger partial charge in [0.1, 0.15) is 11.8 Å². The van der Waals surface area contributed by atoms with Crippen LogP contribution in [0.5, 0.6) is 5.75 Å². The zero-order chi connectivity index (χ0) is 23.9. The van der Waals surface area contributed by atoms with E-state index in [9.17, 15) is 22.8 Å². The van der Waals surface area contributed by atoms with E-state index in [1.165, 1.54) is 10.6 Å². The van der Waals surface area contributed by atoms with Gasteiger partial charge >= 0.3 is 12.1 Å². The minimum absolute atomic E-state index is 0.0124. The van der Waals surface area contributed by atoms with E-state index in [1.54, 1.807) is 13.2 Å². The monoisotopic (exact) mass is 527 g/mol. The summed E-state index contributed by atoms with van der Waals surface area (Å²) in [5.74, 6) is -2.16. The highest BCUT2D eigenvalue weighted by Crippen LogP contribution is 2.28. The molecule has 0 unspecified atom stereocenters. The lowest BCUT2D eigenvalue weighted by Crippen LogP contribution is -2.54. The van der Waals surface area contributed by atoms with Crippen molar-refractivity contribution in [1.82, 2.24) is 15.2 Å². The Bertz CT molecular complexity index is 850. The first-order valence-corrected chi connectivity index (χ1v) is 10.7. The molecular formula is C19H25BrF3N3O6. The van der Waals surface area contributed by atoms with Gasteiger partial charge in [0.2, 0.25) is 5.91 Å². The number of carbonyl (C=O) groups excluding carboxylic acids is 1. The van der Waals surface area contributed by atoms with Crippen LogP contribution in [0.15, 0.2) is 21.5 Å². The molecule has 3 rings (SSSR count). The maximum atomic E-state index is 12.2. The van der Waals surface area contributed by atoms with Crippen molar-refractivity contribution >= 4 is 27.8 Å². The van der Waals surface area contributed by atoms with Crippen LogP contribution in [0.4, 0.5) is 13.2 Å². The number of carbonyl (C=O) groups is 2. The first kappa shape index (κ1) is 26.1. The van der Waals surface area contributed by atoms with Gasteiger partial charge in [0.15, 0.2) is 0 Å². The number of aromatic nitrogens is 1. The number of amides is 1. The standard InChI is InChI=1S/C17H24BrN3O4.C2HF3O2/c1-21-9-13(18)15(8-16(21)22)25-12-4-2-11(3-5-12)20-17(23)14-10-24-7-6-19-14;3-2(4,5)1(6)7/h8-9,11-12,14,19H,2-7,10H2,1H3,(H,20,23);(H,6,7)/t11?,12?,14-;/m0./s1. The molecule has 2 heterocycles. The molecule has 2 fully saturated rings. The van der Waals surface area contributed by atoms with Crippen LogP contribution in [0.1, 0.15) is 25.7 Å². The molecule has 1 aliphatic heterocycles. The number of rotatable bonds is 4. The number of ether oxygens (including phenoxy) is 2. The molecule has 0 spiro atoms. The molecule has 32 heavy (non-hydrogen) atoms. The molecule has 2 aliphatic rings. The van der Waals surface area contributed by atoms with Crippen LogP contribution >= 0.6 is 15.9 Å². The van der Waals surface area contributed by atoms with Crippen molar-refractivity contribution < 1.29 is 37.3 Å². The highest BCUT2D eigenvalue weighted by Gasteiger charge is 2.38. The van der Waals surface area contributed by atoms with Gasteiger partial charge in [-0.3, -0.25) is 9.59 Å². The van der Waals surface area contributed by atoms with Crippen LogP contribution in [0.3, 0.4) is 0 Å². The van der Waals surface area contributed by atoms with Crippen molar-refractivity contribution in [1.29, 1.82) is 0 Å². The smallest absolute Gasteiger partial charge is 0.489 e. The SMILES string of the molecule is Cn1cc(Br)c(OC2CCC(NC(=O)[C@@H]3COCCN3)CC2)cc1=O.O=C(O)C(F)(F)F. The molecule has 9 nitrogen and oxygen atoms in total. The highest BCUT2D eigenvalue weighted by atomic mass is 79.9. The van der Waals surface area contributed by atoms with Crippen LogP contribution in [0.25, 0.3) is 0 Å². The van der Waals surface area contributed by atoms with Crippen molar-refractivity contribution in [2.45, 2.75) is 50.0 Å². The summed E-state index contributed by atoms with van der Waals surface area (Å²) < 4.78 is 45.3. The third-order valence-electron chi connectivity index (χ3n) is 4.94. The van der Waals surface area contributed by atoms with Crippen molar-refractivity contribution in [3.8, 4) is 5.75 Å². The Balaban J connectivity index is 0.000000451. The van der Waals surface area contributed by atoms with E-state index in [-0.39, 0.29) is 29.7 Å². The molecular weight excluding hydrogens is 503 g/mol. The number of nitrogens with one attached hydrogen (secondary N) is 2. The summed E-state index contributed by atoms with van der Waals surface area (Å²) >= 11 is 3.44. The molecule has 3 N–H and O–H groups in total. The van der Waals surface area contributed by atoms with Gasteiger partial charge in [0.25, 0.3) is 5.56 Å². The van der Waals surface area contributed by atoms with Gasteiger partial charge in [-0.05, 0) is 41.6 Å². The summed E-state index contributed by atoms with van der Waals surface area (Å²) in [7, 11) is 1.71. The average Bonchev–Trinajstić information content (AvgIpc) is 2.74. The van der Waals surface area contributed by atoms with Crippen LogP contribution in [-0.2, 0) is 21.4 Å². The Morgan fingerprint density at radius 3 is 2.47 bits per heavy atom. The first-order chi connectivity index (χ1) is 15.0. The second-order valence-electron chi connectivity index (χ2n) is 7.42. The molecule has 1 saturated carbocycles. The van der Waals surface area contributed by atoms with Gasteiger partial charge in [0, 0.05) is 31.9 Å². The fraction of sp³-hybridized carbons (Fsp3) is 0.632. The van der Waals surface area contributed by atoms with Crippen LogP contribution in [0, 0.1) is 0 Å². The molecule has 0 radical (unpaired) electrons. The quantitative estimate of drug-likeness (QED) is 0.543. The minimum atomic E-state index is -5.08. The van der Waals surface area contributed by atoms with E-state index in [1.807, 2.05) is 0 Å². The van der Waals surface area contributed by atoms with Gasteiger partial charge < -0.3 is 29.8 Å². The maximum Gasteiger partial charge on any atom is 0.490 e.